The minimum absolute atomic E-state index is 0.0859. The van der Waals surface area contributed by atoms with Crippen molar-refractivity contribution in [3.63, 3.8) is 0 Å². The average molecular weight is 387 g/mol. The van der Waals surface area contributed by atoms with Crippen LogP contribution in [0.3, 0.4) is 0 Å². The van der Waals surface area contributed by atoms with Gasteiger partial charge in [-0.2, -0.15) is 0 Å². The Morgan fingerprint density at radius 3 is 2.82 bits per heavy atom. The van der Waals surface area contributed by atoms with Crippen LogP contribution >= 0.6 is 0 Å². The first-order valence-corrected chi connectivity index (χ1v) is 11.2. The molecule has 0 radical (unpaired) electrons. The van der Waals surface area contributed by atoms with Gasteiger partial charge in [0.15, 0.2) is 0 Å². The van der Waals surface area contributed by atoms with Crippen LogP contribution in [0.5, 0.6) is 0 Å². The first-order valence-electron chi connectivity index (χ1n) is 11.2. The van der Waals surface area contributed by atoms with Crippen LogP contribution in [-0.4, -0.2) is 57.5 Å². The highest BCUT2D eigenvalue weighted by molar-refractivity contribution is 5.78. The maximum Gasteiger partial charge on any atom is 0.253 e. The third-order valence-electron chi connectivity index (χ3n) is 7.19. The molecule has 1 aromatic heterocycles. The molecule has 2 fully saturated rings. The van der Waals surface area contributed by atoms with Gasteiger partial charge in [0, 0.05) is 44.1 Å². The number of aryl methyl sites for hydroxylation is 1. The molecule has 1 amide bonds. The first-order chi connectivity index (χ1) is 13.5. The van der Waals surface area contributed by atoms with Crippen molar-refractivity contribution in [1.82, 2.24) is 19.4 Å². The fraction of sp³-hybridized carbons (Fsp3) is 0.773. The molecule has 4 rings (SSSR count). The Bertz CT molecular complexity index is 774. The van der Waals surface area contributed by atoms with E-state index in [1.54, 1.807) is 6.07 Å². The van der Waals surface area contributed by atoms with Crippen LogP contribution in [0.15, 0.2) is 10.9 Å². The molecule has 0 aromatic carbocycles. The van der Waals surface area contributed by atoms with E-state index in [9.17, 15) is 9.59 Å². The summed E-state index contributed by atoms with van der Waals surface area (Å²) >= 11 is 0. The van der Waals surface area contributed by atoms with Crippen LogP contribution in [0.1, 0.15) is 69.8 Å². The lowest BCUT2D eigenvalue weighted by atomic mass is 9.92. The Hall–Kier alpha value is -1.69. The number of fused-ring (bicyclic) bond motifs is 1. The van der Waals surface area contributed by atoms with Crippen LogP contribution < -0.4 is 5.56 Å². The number of hydrogen-bond acceptors (Lipinski definition) is 4. The van der Waals surface area contributed by atoms with Gasteiger partial charge >= 0.3 is 0 Å². The molecule has 4 heterocycles. The van der Waals surface area contributed by atoms with Crippen molar-refractivity contribution in [3.05, 3.63) is 27.9 Å². The van der Waals surface area contributed by atoms with E-state index in [0.717, 1.165) is 63.3 Å². The molecule has 28 heavy (non-hydrogen) atoms. The second-order valence-corrected chi connectivity index (χ2v) is 9.05. The number of aromatic nitrogens is 2. The number of rotatable bonds is 3. The van der Waals surface area contributed by atoms with E-state index in [0.29, 0.717) is 25.0 Å². The van der Waals surface area contributed by atoms with Crippen LogP contribution in [0.4, 0.5) is 0 Å². The monoisotopic (exact) mass is 386 g/mol. The number of nitrogens with zero attached hydrogens (tertiary/aromatic N) is 4. The van der Waals surface area contributed by atoms with Gasteiger partial charge in [0.1, 0.15) is 5.82 Å². The Balaban J connectivity index is 1.41. The van der Waals surface area contributed by atoms with Gasteiger partial charge in [0.25, 0.3) is 5.56 Å². The SMILES string of the molecule is C[C@@H]1CCCN(CC(=O)N2CC[C@@H](c3cc(=O)n4c(n3)CCCCC4)C2)[C@@H]1C. The minimum atomic E-state index is 0.0859. The Morgan fingerprint density at radius 1 is 1.11 bits per heavy atom. The molecule has 0 bridgehead atoms. The highest BCUT2D eigenvalue weighted by Crippen LogP contribution is 2.27. The summed E-state index contributed by atoms with van der Waals surface area (Å²) in [4.78, 5) is 34.7. The van der Waals surface area contributed by atoms with Crippen molar-refractivity contribution in [1.29, 1.82) is 0 Å². The summed E-state index contributed by atoms with van der Waals surface area (Å²) in [6, 6.07) is 2.20. The summed E-state index contributed by atoms with van der Waals surface area (Å²) in [6.07, 6.45) is 7.58. The molecule has 0 aliphatic carbocycles. The molecule has 3 aliphatic heterocycles. The Kier molecular flexibility index (Phi) is 5.85. The fourth-order valence-electron chi connectivity index (χ4n) is 5.09. The minimum Gasteiger partial charge on any atom is -0.341 e. The van der Waals surface area contributed by atoms with Crippen LogP contribution in [0.25, 0.3) is 0 Å². The largest absolute Gasteiger partial charge is 0.341 e. The number of piperidine rings is 1. The molecule has 0 spiro atoms. The van der Waals surface area contributed by atoms with E-state index < -0.39 is 0 Å². The summed E-state index contributed by atoms with van der Waals surface area (Å²) < 4.78 is 1.85. The predicted molar refractivity (Wildman–Crippen MR) is 109 cm³/mol. The molecule has 0 unspecified atom stereocenters. The van der Waals surface area contributed by atoms with Gasteiger partial charge in [-0.1, -0.05) is 13.3 Å². The van der Waals surface area contributed by atoms with Crippen molar-refractivity contribution in [2.45, 2.75) is 77.3 Å². The van der Waals surface area contributed by atoms with Crippen molar-refractivity contribution >= 4 is 5.91 Å². The fourth-order valence-corrected chi connectivity index (χ4v) is 5.09. The summed E-state index contributed by atoms with van der Waals surface area (Å²) in [7, 11) is 0. The van der Waals surface area contributed by atoms with E-state index in [4.69, 9.17) is 4.98 Å². The molecule has 1 aromatic rings. The van der Waals surface area contributed by atoms with Crippen LogP contribution in [0.2, 0.25) is 0 Å². The lowest BCUT2D eigenvalue weighted by Gasteiger charge is -2.38. The lowest BCUT2D eigenvalue weighted by Crippen LogP contribution is -2.48. The van der Waals surface area contributed by atoms with E-state index in [1.807, 2.05) is 9.47 Å². The van der Waals surface area contributed by atoms with Crippen LogP contribution in [0, 0.1) is 5.92 Å². The molecule has 0 saturated carbocycles. The zero-order valence-corrected chi connectivity index (χ0v) is 17.4. The number of hydrogen-bond donors (Lipinski definition) is 0. The smallest absolute Gasteiger partial charge is 0.253 e. The molecular formula is C22H34N4O2. The first kappa shape index (κ1) is 19.6. The molecule has 3 aliphatic rings. The molecule has 3 atom stereocenters. The van der Waals surface area contributed by atoms with Crippen molar-refractivity contribution in [2.24, 2.45) is 5.92 Å². The van der Waals surface area contributed by atoms with Crippen molar-refractivity contribution in [3.8, 4) is 0 Å². The van der Waals surface area contributed by atoms with Gasteiger partial charge in [-0.3, -0.25) is 19.1 Å². The van der Waals surface area contributed by atoms with E-state index in [2.05, 4.69) is 18.7 Å². The predicted octanol–water partition coefficient (Wildman–Crippen LogP) is 2.41. The maximum atomic E-state index is 12.9. The van der Waals surface area contributed by atoms with Gasteiger partial charge in [0.2, 0.25) is 5.91 Å². The quantitative estimate of drug-likeness (QED) is 0.800. The summed E-state index contributed by atoms with van der Waals surface area (Å²) in [5.41, 5.74) is 0.983. The standard InChI is InChI=1S/C22H34N4O2/c1-16-7-6-10-24(17(16)2)15-22(28)25-12-9-18(14-25)19-13-21(27)26-11-5-3-4-8-20(26)23-19/h13,16-18H,3-12,14-15H2,1-2H3/t16-,17-,18-/m1/s1. The van der Waals surface area contributed by atoms with E-state index in [1.165, 1.54) is 12.8 Å². The highest BCUT2D eigenvalue weighted by Gasteiger charge is 2.32. The zero-order valence-electron chi connectivity index (χ0n) is 17.4. The van der Waals surface area contributed by atoms with E-state index >= 15 is 0 Å². The van der Waals surface area contributed by atoms with Gasteiger partial charge < -0.3 is 4.90 Å². The lowest BCUT2D eigenvalue weighted by molar-refractivity contribution is -0.132. The maximum absolute atomic E-state index is 12.9. The van der Waals surface area contributed by atoms with Crippen molar-refractivity contribution < 1.29 is 4.79 Å². The van der Waals surface area contributed by atoms with Gasteiger partial charge in [0.05, 0.1) is 12.2 Å². The number of likely N-dealkylation sites (tertiary alicyclic amines) is 2. The summed E-state index contributed by atoms with van der Waals surface area (Å²) in [6.45, 7) is 8.36. The Labute approximate surface area is 167 Å². The third-order valence-corrected chi connectivity index (χ3v) is 7.19. The number of amides is 1. The molecule has 0 N–H and O–H groups in total. The summed E-state index contributed by atoms with van der Waals surface area (Å²) in [5.74, 6) is 2.03. The Morgan fingerprint density at radius 2 is 1.96 bits per heavy atom. The van der Waals surface area contributed by atoms with E-state index in [-0.39, 0.29) is 17.4 Å². The topological polar surface area (TPSA) is 58.4 Å². The zero-order chi connectivity index (χ0) is 19.7. The number of carbonyl (C=O) groups excluding carboxylic acids is 1. The van der Waals surface area contributed by atoms with Gasteiger partial charge in [-0.25, -0.2) is 4.98 Å². The molecule has 154 valence electrons. The second-order valence-electron chi connectivity index (χ2n) is 9.05. The summed E-state index contributed by atoms with van der Waals surface area (Å²) in [5, 5.41) is 0. The molecule has 6 heteroatoms. The molecule has 6 nitrogen and oxygen atoms in total. The second kappa shape index (κ2) is 8.36. The third kappa shape index (κ3) is 4.02. The highest BCUT2D eigenvalue weighted by atomic mass is 16.2. The average Bonchev–Trinajstić information content (AvgIpc) is 3.05. The molecule has 2 saturated heterocycles. The van der Waals surface area contributed by atoms with Gasteiger partial charge in [-0.05, 0) is 51.5 Å². The van der Waals surface area contributed by atoms with Crippen LogP contribution in [-0.2, 0) is 17.8 Å². The van der Waals surface area contributed by atoms with Gasteiger partial charge in [-0.15, -0.1) is 0 Å². The molecular weight excluding hydrogens is 352 g/mol. The number of carbonyl (C=O) groups is 1. The normalized spacial score (nSPS) is 28.8. The van der Waals surface area contributed by atoms with Crippen molar-refractivity contribution in [2.75, 3.05) is 26.2 Å².